The summed E-state index contributed by atoms with van der Waals surface area (Å²) in [4.78, 5) is 11.0. The first kappa shape index (κ1) is 17.0. The number of halogens is 2. The largest absolute Gasteiger partial charge is 0.398 e. The van der Waals surface area contributed by atoms with Crippen molar-refractivity contribution >= 4 is 44.8 Å². The van der Waals surface area contributed by atoms with Gasteiger partial charge in [-0.3, -0.25) is 4.79 Å². The smallest absolute Gasteiger partial charge is 0.244 e. The van der Waals surface area contributed by atoms with Crippen LogP contribution in [0.1, 0.15) is 13.8 Å². The van der Waals surface area contributed by atoms with Crippen LogP contribution in [0.15, 0.2) is 17.0 Å². The number of carbonyl (C=O) groups excluding carboxylic acids is 1. The second-order valence-corrected chi connectivity index (χ2v) is 7.05. The molecule has 0 spiro atoms. The number of primary amides is 1. The van der Waals surface area contributed by atoms with Gasteiger partial charge in [-0.2, -0.15) is 4.72 Å². The van der Waals surface area contributed by atoms with Crippen molar-refractivity contribution in [2.24, 2.45) is 11.7 Å². The second-order valence-electron chi connectivity index (χ2n) is 4.55. The van der Waals surface area contributed by atoms with Crippen molar-refractivity contribution in [1.29, 1.82) is 0 Å². The maximum absolute atomic E-state index is 12.3. The number of hydrogen-bond donors (Lipinski definition) is 3. The van der Waals surface area contributed by atoms with Crippen molar-refractivity contribution in [3.8, 4) is 0 Å². The molecule has 0 saturated heterocycles. The minimum Gasteiger partial charge on any atom is -0.398 e. The fraction of sp³-hybridized carbons (Fsp3) is 0.364. The molecule has 0 aliphatic carbocycles. The number of sulfonamides is 1. The molecule has 5 N–H and O–H groups in total. The van der Waals surface area contributed by atoms with Crippen molar-refractivity contribution in [2.45, 2.75) is 24.8 Å². The SMILES string of the molecule is CC(C)C(NS(=O)(=O)c1c(N)cc(Cl)cc1Cl)C(N)=O. The summed E-state index contributed by atoms with van der Waals surface area (Å²) in [7, 11) is -4.09. The standard InChI is InChI=1S/C11H15Cl2N3O3S/c1-5(2)9(11(15)17)16-20(18,19)10-7(13)3-6(12)4-8(10)14/h3-5,9,16H,14H2,1-2H3,(H2,15,17). The molecule has 1 aromatic rings. The molecular weight excluding hydrogens is 325 g/mol. The van der Waals surface area contributed by atoms with Gasteiger partial charge in [0.05, 0.1) is 10.7 Å². The summed E-state index contributed by atoms with van der Waals surface area (Å²) in [5.41, 5.74) is 10.7. The van der Waals surface area contributed by atoms with Gasteiger partial charge < -0.3 is 11.5 Å². The summed E-state index contributed by atoms with van der Waals surface area (Å²) in [6, 6.07) is 1.45. The van der Waals surface area contributed by atoms with Gasteiger partial charge in [0.1, 0.15) is 10.9 Å². The molecule has 20 heavy (non-hydrogen) atoms. The molecule has 0 heterocycles. The molecule has 1 amide bonds. The molecule has 112 valence electrons. The minimum atomic E-state index is -4.09. The lowest BCUT2D eigenvalue weighted by atomic mass is 10.1. The van der Waals surface area contributed by atoms with E-state index in [9.17, 15) is 13.2 Å². The Kier molecular flexibility index (Phi) is 5.26. The Morgan fingerprint density at radius 2 is 1.85 bits per heavy atom. The Morgan fingerprint density at radius 3 is 2.25 bits per heavy atom. The Balaban J connectivity index is 3.28. The van der Waals surface area contributed by atoms with Crippen LogP contribution in [0, 0.1) is 5.92 Å². The third-order valence-corrected chi connectivity index (χ3v) is 4.75. The molecule has 0 fully saturated rings. The van der Waals surface area contributed by atoms with E-state index in [0.29, 0.717) is 0 Å². The average Bonchev–Trinajstić information content (AvgIpc) is 2.23. The predicted octanol–water partition coefficient (Wildman–Crippen LogP) is 1.36. The van der Waals surface area contributed by atoms with Gasteiger partial charge in [-0.05, 0) is 18.1 Å². The van der Waals surface area contributed by atoms with Gasteiger partial charge in [0, 0.05) is 5.02 Å². The van der Waals surface area contributed by atoms with Gasteiger partial charge in [-0.15, -0.1) is 0 Å². The zero-order valence-corrected chi connectivity index (χ0v) is 13.2. The third-order valence-electron chi connectivity index (χ3n) is 2.56. The molecule has 0 aliphatic heterocycles. The summed E-state index contributed by atoms with van der Waals surface area (Å²) in [6.45, 7) is 3.32. The monoisotopic (exact) mass is 339 g/mol. The van der Waals surface area contributed by atoms with E-state index in [1.165, 1.54) is 12.1 Å². The number of rotatable bonds is 5. The molecule has 1 atom stereocenters. The Bertz CT molecular complexity index is 609. The predicted molar refractivity (Wildman–Crippen MR) is 79.0 cm³/mol. The Morgan fingerprint density at radius 1 is 1.30 bits per heavy atom. The van der Waals surface area contributed by atoms with Gasteiger partial charge >= 0.3 is 0 Å². The van der Waals surface area contributed by atoms with Crippen LogP contribution in [0.3, 0.4) is 0 Å². The number of anilines is 1. The summed E-state index contributed by atoms with van der Waals surface area (Å²) in [5.74, 6) is -1.11. The normalized spacial score (nSPS) is 13.4. The van der Waals surface area contributed by atoms with Gasteiger partial charge in [-0.25, -0.2) is 8.42 Å². The lowest BCUT2D eigenvalue weighted by Gasteiger charge is -2.20. The topological polar surface area (TPSA) is 115 Å². The molecule has 0 bridgehead atoms. The molecule has 1 unspecified atom stereocenters. The van der Waals surface area contributed by atoms with E-state index in [4.69, 9.17) is 34.7 Å². The highest BCUT2D eigenvalue weighted by Crippen LogP contribution is 2.31. The van der Waals surface area contributed by atoms with Crippen molar-refractivity contribution < 1.29 is 13.2 Å². The second kappa shape index (κ2) is 6.17. The molecule has 0 saturated carbocycles. The molecule has 6 nitrogen and oxygen atoms in total. The van der Waals surface area contributed by atoms with Crippen LogP contribution in [0.4, 0.5) is 5.69 Å². The van der Waals surface area contributed by atoms with E-state index < -0.39 is 22.0 Å². The first-order chi connectivity index (χ1) is 9.06. The van der Waals surface area contributed by atoms with Gasteiger partial charge in [0.25, 0.3) is 0 Å². The van der Waals surface area contributed by atoms with E-state index in [-0.39, 0.29) is 26.5 Å². The maximum Gasteiger partial charge on any atom is 0.244 e. The first-order valence-electron chi connectivity index (χ1n) is 5.62. The summed E-state index contributed by atoms with van der Waals surface area (Å²) in [5, 5.41) is 0.0798. The van der Waals surface area contributed by atoms with Crippen LogP contribution >= 0.6 is 23.2 Å². The zero-order valence-electron chi connectivity index (χ0n) is 10.9. The van der Waals surface area contributed by atoms with Crippen LogP contribution < -0.4 is 16.2 Å². The average molecular weight is 340 g/mol. The van der Waals surface area contributed by atoms with Crippen LogP contribution in [0.2, 0.25) is 10.0 Å². The molecule has 9 heteroatoms. The highest BCUT2D eigenvalue weighted by atomic mass is 35.5. The first-order valence-corrected chi connectivity index (χ1v) is 7.86. The fourth-order valence-electron chi connectivity index (χ4n) is 1.61. The Labute approximate surface area is 127 Å². The van der Waals surface area contributed by atoms with Gasteiger partial charge in [0.2, 0.25) is 15.9 Å². The van der Waals surface area contributed by atoms with E-state index in [0.717, 1.165) is 0 Å². The molecule has 0 radical (unpaired) electrons. The summed E-state index contributed by atoms with van der Waals surface area (Å²) in [6.07, 6.45) is 0. The lowest BCUT2D eigenvalue weighted by Crippen LogP contribution is -2.47. The molecule has 0 aromatic heterocycles. The molecule has 1 rings (SSSR count). The van der Waals surface area contributed by atoms with Gasteiger partial charge in [-0.1, -0.05) is 37.0 Å². The Hall–Kier alpha value is -1.02. The summed E-state index contributed by atoms with van der Waals surface area (Å²) < 4.78 is 26.8. The quantitative estimate of drug-likeness (QED) is 0.702. The summed E-state index contributed by atoms with van der Waals surface area (Å²) >= 11 is 11.6. The highest BCUT2D eigenvalue weighted by molar-refractivity contribution is 7.89. The van der Waals surface area contributed by atoms with Crippen molar-refractivity contribution in [3.05, 3.63) is 22.2 Å². The number of benzene rings is 1. The number of nitrogens with one attached hydrogen (secondary N) is 1. The molecule has 0 aliphatic rings. The van der Waals surface area contributed by atoms with Crippen LogP contribution in [0.5, 0.6) is 0 Å². The number of amides is 1. The van der Waals surface area contributed by atoms with E-state index >= 15 is 0 Å². The number of nitrogens with two attached hydrogens (primary N) is 2. The van der Waals surface area contributed by atoms with Crippen LogP contribution in [0.25, 0.3) is 0 Å². The highest BCUT2D eigenvalue weighted by Gasteiger charge is 2.29. The zero-order chi connectivity index (χ0) is 15.7. The van der Waals surface area contributed by atoms with Crippen molar-refractivity contribution in [3.63, 3.8) is 0 Å². The van der Waals surface area contributed by atoms with Crippen molar-refractivity contribution in [2.75, 3.05) is 5.73 Å². The van der Waals surface area contributed by atoms with E-state index in [2.05, 4.69) is 4.72 Å². The van der Waals surface area contributed by atoms with Gasteiger partial charge in [0.15, 0.2) is 0 Å². The molecular formula is C11H15Cl2N3O3S. The minimum absolute atomic E-state index is 0.109. The van der Waals surface area contributed by atoms with E-state index in [1.807, 2.05) is 0 Å². The van der Waals surface area contributed by atoms with Crippen LogP contribution in [-0.4, -0.2) is 20.4 Å². The maximum atomic E-state index is 12.3. The molecule has 1 aromatic carbocycles. The van der Waals surface area contributed by atoms with Crippen molar-refractivity contribution in [1.82, 2.24) is 4.72 Å². The number of nitrogen functional groups attached to an aromatic ring is 1. The third kappa shape index (κ3) is 3.76. The lowest BCUT2D eigenvalue weighted by molar-refractivity contribution is -0.120. The van der Waals surface area contributed by atoms with E-state index in [1.54, 1.807) is 13.8 Å². The number of hydrogen-bond acceptors (Lipinski definition) is 4. The fourth-order valence-corrected chi connectivity index (χ4v) is 3.95. The number of carbonyl (C=O) groups is 1. The van der Waals surface area contributed by atoms with Crippen LogP contribution in [-0.2, 0) is 14.8 Å².